The summed E-state index contributed by atoms with van der Waals surface area (Å²) in [6.07, 6.45) is 10.2. The molecule has 0 saturated heterocycles. The highest BCUT2D eigenvalue weighted by molar-refractivity contribution is 5.45. The van der Waals surface area contributed by atoms with Crippen LogP contribution in [0.2, 0.25) is 0 Å². The Morgan fingerprint density at radius 3 is 1.10 bits per heavy atom. The first-order valence-corrected chi connectivity index (χ1v) is 12.1. The van der Waals surface area contributed by atoms with Gasteiger partial charge in [0, 0.05) is 0 Å². The molecule has 4 bridgehead atoms. The number of rotatable bonds is 5. The van der Waals surface area contributed by atoms with Crippen molar-refractivity contribution in [1.29, 1.82) is 0 Å². The summed E-state index contributed by atoms with van der Waals surface area (Å²) in [6.45, 7) is 4.35. The van der Waals surface area contributed by atoms with Crippen molar-refractivity contribution in [2.24, 2.45) is 5.41 Å². The van der Waals surface area contributed by atoms with E-state index in [1.165, 1.54) is 44.9 Å². The van der Waals surface area contributed by atoms with Crippen molar-refractivity contribution in [2.45, 2.75) is 67.6 Å². The Labute approximate surface area is 187 Å². The first kappa shape index (κ1) is 19.4. The quantitative estimate of drug-likeness (QED) is 0.406. The minimum absolute atomic E-state index is 0.261. The molecule has 1 radical (unpaired) electrons. The summed E-state index contributed by atoms with van der Waals surface area (Å²) < 4.78 is 0. The van der Waals surface area contributed by atoms with Crippen molar-refractivity contribution in [2.75, 3.05) is 0 Å². The van der Waals surface area contributed by atoms with Crippen molar-refractivity contribution in [3.05, 3.63) is 115 Å². The summed E-state index contributed by atoms with van der Waals surface area (Å²) in [4.78, 5) is 0. The Bertz CT molecular complexity index is 906. The van der Waals surface area contributed by atoms with Gasteiger partial charge in [-0.05, 0) is 83.3 Å². The van der Waals surface area contributed by atoms with Crippen molar-refractivity contribution in [1.82, 2.24) is 0 Å². The van der Waals surface area contributed by atoms with Crippen LogP contribution >= 0.6 is 0 Å². The Hall–Kier alpha value is -2.34. The second-order valence-electron chi connectivity index (χ2n) is 11.1. The summed E-state index contributed by atoms with van der Waals surface area (Å²) in [5.41, 5.74) is 5.89. The smallest absolute Gasteiger partial charge is 0.00247 e. The molecule has 0 N–H and O–H groups in total. The van der Waals surface area contributed by atoms with Gasteiger partial charge in [0.1, 0.15) is 0 Å². The number of benzene rings is 3. The lowest BCUT2D eigenvalue weighted by Crippen LogP contribution is -2.65. The summed E-state index contributed by atoms with van der Waals surface area (Å²) in [5.74, 6) is 0. The standard InChI is InChI=1S/C31H33/c1-2-18-28-19-29(25-12-6-3-7-13-25)22-30(20-28,26-14-8-4-9-15-26)24-31(21-28,23-29)27-16-10-5-11-17-27/h3-17H,1-2,18-24H2. The van der Waals surface area contributed by atoms with Gasteiger partial charge in [-0.15, -0.1) is 0 Å². The molecular weight excluding hydrogens is 372 g/mol. The van der Waals surface area contributed by atoms with E-state index in [-0.39, 0.29) is 16.2 Å². The van der Waals surface area contributed by atoms with Crippen LogP contribution in [0.25, 0.3) is 0 Å². The lowest BCUT2D eigenvalue weighted by atomic mass is 9.32. The molecule has 0 spiro atoms. The van der Waals surface area contributed by atoms with E-state index in [1.54, 1.807) is 16.7 Å². The maximum Gasteiger partial charge on any atom is -0.00247 e. The van der Waals surface area contributed by atoms with Crippen molar-refractivity contribution in [3.8, 4) is 0 Å². The van der Waals surface area contributed by atoms with Gasteiger partial charge in [0.2, 0.25) is 0 Å². The summed E-state index contributed by atoms with van der Waals surface area (Å²) in [5, 5.41) is 0. The minimum Gasteiger partial charge on any atom is -0.0622 e. The fraction of sp³-hybridized carbons (Fsp3) is 0.387. The third-order valence-corrected chi connectivity index (χ3v) is 9.04. The summed E-state index contributed by atoms with van der Waals surface area (Å²) in [6, 6.07) is 34.6. The molecule has 4 saturated carbocycles. The van der Waals surface area contributed by atoms with E-state index in [2.05, 4.69) is 97.9 Å². The Balaban J connectivity index is 1.61. The molecule has 0 heteroatoms. The van der Waals surface area contributed by atoms with Crippen LogP contribution in [0, 0.1) is 12.3 Å². The number of hydrogen-bond acceptors (Lipinski definition) is 0. The van der Waals surface area contributed by atoms with Crippen LogP contribution in [0.4, 0.5) is 0 Å². The zero-order chi connectivity index (χ0) is 21.0. The Morgan fingerprint density at radius 1 is 0.484 bits per heavy atom. The molecule has 0 aliphatic heterocycles. The lowest BCUT2D eigenvalue weighted by Gasteiger charge is -2.71. The van der Waals surface area contributed by atoms with Gasteiger partial charge in [-0.3, -0.25) is 0 Å². The van der Waals surface area contributed by atoms with Crippen LogP contribution in [0.1, 0.15) is 68.1 Å². The maximum absolute atomic E-state index is 4.35. The fourth-order valence-corrected chi connectivity index (χ4v) is 8.78. The van der Waals surface area contributed by atoms with Gasteiger partial charge in [-0.25, -0.2) is 0 Å². The number of hydrogen-bond donors (Lipinski definition) is 0. The largest absolute Gasteiger partial charge is 0.0622 e. The van der Waals surface area contributed by atoms with Gasteiger partial charge in [-0.2, -0.15) is 0 Å². The summed E-state index contributed by atoms with van der Waals surface area (Å²) in [7, 11) is 0. The van der Waals surface area contributed by atoms with E-state index < -0.39 is 0 Å². The van der Waals surface area contributed by atoms with E-state index in [1.807, 2.05) is 0 Å². The monoisotopic (exact) mass is 405 g/mol. The highest BCUT2D eigenvalue weighted by Crippen LogP contribution is 2.75. The maximum atomic E-state index is 4.35. The first-order chi connectivity index (χ1) is 15.1. The molecule has 0 heterocycles. The highest BCUT2D eigenvalue weighted by atomic mass is 14.7. The van der Waals surface area contributed by atoms with E-state index in [4.69, 9.17) is 0 Å². The first-order valence-electron chi connectivity index (χ1n) is 12.1. The van der Waals surface area contributed by atoms with Crippen LogP contribution in [-0.4, -0.2) is 0 Å². The molecule has 7 rings (SSSR count). The van der Waals surface area contributed by atoms with E-state index in [9.17, 15) is 0 Å². The fourth-order valence-electron chi connectivity index (χ4n) is 8.78. The highest BCUT2D eigenvalue weighted by Gasteiger charge is 2.68. The van der Waals surface area contributed by atoms with Crippen LogP contribution in [0.5, 0.6) is 0 Å². The van der Waals surface area contributed by atoms with Crippen LogP contribution in [0.3, 0.4) is 0 Å². The predicted octanol–water partition coefficient (Wildman–Crippen LogP) is 7.78. The van der Waals surface area contributed by atoms with Gasteiger partial charge >= 0.3 is 0 Å². The zero-order valence-corrected chi connectivity index (χ0v) is 18.5. The third-order valence-electron chi connectivity index (χ3n) is 9.04. The average molecular weight is 406 g/mol. The van der Waals surface area contributed by atoms with Crippen LogP contribution in [0.15, 0.2) is 91.0 Å². The topological polar surface area (TPSA) is 0 Å². The molecule has 4 aliphatic rings. The molecule has 157 valence electrons. The molecule has 31 heavy (non-hydrogen) atoms. The second-order valence-corrected chi connectivity index (χ2v) is 11.1. The van der Waals surface area contributed by atoms with Gasteiger partial charge in [0.15, 0.2) is 0 Å². The van der Waals surface area contributed by atoms with Crippen LogP contribution < -0.4 is 0 Å². The molecule has 0 nitrogen and oxygen atoms in total. The van der Waals surface area contributed by atoms with E-state index in [0.29, 0.717) is 5.41 Å². The second kappa shape index (κ2) is 6.83. The zero-order valence-electron chi connectivity index (χ0n) is 18.5. The minimum atomic E-state index is 0.261. The molecule has 0 unspecified atom stereocenters. The molecule has 0 atom stereocenters. The van der Waals surface area contributed by atoms with Crippen molar-refractivity contribution in [3.63, 3.8) is 0 Å². The SMILES string of the molecule is [CH2]CCC12CC3(c4ccccc4)CC(c4ccccc4)(C1)CC(c1ccccc1)(C2)C3. The molecule has 0 amide bonds. The molecule has 3 aromatic rings. The van der Waals surface area contributed by atoms with Crippen LogP contribution in [-0.2, 0) is 16.2 Å². The molecular formula is C31H33. The third kappa shape index (κ3) is 2.87. The molecule has 3 aromatic carbocycles. The van der Waals surface area contributed by atoms with Gasteiger partial charge in [-0.1, -0.05) is 104 Å². The van der Waals surface area contributed by atoms with Gasteiger partial charge in [0.25, 0.3) is 0 Å². The average Bonchev–Trinajstić information content (AvgIpc) is 2.80. The van der Waals surface area contributed by atoms with Gasteiger partial charge in [0.05, 0.1) is 0 Å². The van der Waals surface area contributed by atoms with Crippen molar-refractivity contribution >= 4 is 0 Å². The molecule has 0 aromatic heterocycles. The molecule has 4 aliphatic carbocycles. The normalized spacial score (nSPS) is 35.9. The van der Waals surface area contributed by atoms with E-state index in [0.717, 1.165) is 6.42 Å². The molecule has 4 fully saturated rings. The Kier molecular flexibility index (Phi) is 4.26. The summed E-state index contributed by atoms with van der Waals surface area (Å²) >= 11 is 0. The van der Waals surface area contributed by atoms with E-state index >= 15 is 0 Å². The Morgan fingerprint density at radius 2 is 0.806 bits per heavy atom. The van der Waals surface area contributed by atoms with Crippen molar-refractivity contribution < 1.29 is 0 Å². The lowest BCUT2D eigenvalue weighted by molar-refractivity contribution is -0.111. The van der Waals surface area contributed by atoms with Gasteiger partial charge < -0.3 is 0 Å². The predicted molar refractivity (Wildman–Crippen MR) is 129 cm³/mol.